The molecular weight excluding hydrogens is 330 g/mol. The molecule has 27 heavy (non-hydrogen) atoms. The van der Waals surface area contributed by atoms with Crippen molar-refractivity contribution in [3.05, 3.63) is 101 Å². The van der Waals surface area contributed by atoms with Gasteiger partial charge >= 0.3 is 0 Å². The lowest BCUT2D eigenvalue weighted by Crippen LogP contribution is -2.26. The number of rotatable bonds is 5. The van der Waals surface area contributed by atoms with Gasteiger partial charge in [-0.1, -0.05) is 72.8 Å². The summed E-state index contributed by atoms with van der Waals surface area (Å²) in [5, 5.41) is 11.2. The van der Waals surface area contributed by atoms with Crippen molar-refractivity contribution in [1.29, 1.82) is 0 Å². The molecule has 2 heteroatoms. The summed E-state index contributed by atoms with van der Waals surface area (Å²) in [5.41, 5.74) is 4.50. The number of nitrogens with zero attached hydrogens (tertiary/aromatic N) is 1. The normalized spacial score (nSPS) is 12.0. The molecule has 0 fully saturated rings. The number of aliphatic imine (C=N–C) groups is 1. The van der Waals surface area contributed by atoms with Crippen LogP contribution in [0.25, 0.3) is 0 Å². The quantitative estimate of drug-likeness (QED) is 0.449. The average Bonchev–Trinajstić information content (AvgIpc) is 2.68. The molecule has 2 nitrogen and oxygen atoms in total. The van der Waals surface area contributed by atoms with Crippen LogP contribution < -0.4 is 0 Å². The van der Waals surface area contributed by atoms with E-state index in [1.54, 1.807) is 6.21 Å². The van der Waals surface area contributed by atoms with Crippen molar-refractivity contribution in [3.63, 3.8) is 0 Å². The van der Waals surface area contributed by atoms with E-state index in [1.807, 2.05) is 63.2 Å². The predicted molar refractivity (Wildman–Crippen MR) is 114 cm³/mol. The largest absolute Gasteiger partial charge is 0.507 e. The summed E-state index contributed by atoms with van der Waals surface area (Å²) in [4.78, 5) is 4.50. The number of aromatic hydroxyl groups is 1. The van der Waals surface area contributed by atoms with Crippen LogP contribution in [0, 0.1) is 6.92 Å². The molecule has 0 unspecified atom stereocenters. The van der Waals surface area contributed by atoms with Gasteiger partial charge in [-0.2, -0.15) is 0 Å². The van der Waals surface area contributed by atoms with Crippen molar-refractivity contribution in [3.8, 4) is 5.75 Å². The van der Waals surface area contributed by atoms with Gasteiger partial charge in [0.15, 0.2) is 0 Å². The van der Waals surface area contributed by atoms with Gasteiger partial charge < -0.3 is 5.11 Å². The van der Waals surface area contributed by atoms with Gasteiger partial charge in [0.1, 0.15) is 5.75 Å². The summed E-state index contributed by atoms with van der Waals surface area (Å²) >= 11 is 0. The molecule has 3 rings (SSSR count). The molecule has 3 aromatic carbocycles. The molecule has 0 saturated heterocycles. The predicted octanol–water partition coefficient (Wildman–Crippen LogP) is 5.88. The molecule has 0 aliphatic heterocycles. The Morgan fingerprint density at radius 1 is 0.852 bits per heavy atom. The lowest BCUT2D eigenvalue weighted by Gasteiger charge is -2.33. The van der Waals surface area contributed by atoms with Gasteiger partial charge in [0.05, 0.1) is 0 Å². The van der Waals surface area contributed by atoms with E-state index in [0.29, 0.717) is 5.75 Å². The van der Waals surface area contributed by atoms with Crippen LogP contribution in [0.2, 0.25) is 0 Å². The van der Waals surface area contributed by atoms with Crippen LogP contribution in [0.5, 0.6) is 5.75 Å². The Kier molecular flexibility index (Phi) is 5.46. The van der Waals surface area contributed by atoms with Crippen molar-refractivity contribution < 1.29 is 5.11 Å². The Labute approximate surface area is 162 Å². The molecule has 0 aliphatic carbocycles. The van der Waals surface area contributed by atoms with Crippen LogP contribution in [0.4, 0.5) is 0 Å². The number of benzene rings is 3. The molecule has 0 aliphatic rings. The molecule has 0 saturated carbocycles. The van der Waals surface area contributed by atoms with Gasteiger partial charge in [-0.25, -0.2) is 0 Å². The van der Waals surface area contributed by atoms with Gasteiger partial charge in [0, 0.05) is 28.8 Å². The first-order chi connectivity index (χ1) is 12.9. The van der Waals surface area contributed by atoms with Gasteiger partial charge in [0.2, 0.25) is 0 Å². The first-order valence-electron chi connectivity index (χ1n) is 9.42. The second-order valence-corrected chi connectivity index (χ2v) is 7.42. The molecule has 0 radical (unpaired) electrons. The van der Waals surface area contributed by atoms with Gasteiger partial charge in [-0.3, -0.25) is 4.99 Å². The first-order valence-corrected chi connectivity index (χ1v) is 9.42. The van der Waals surface area contributed by atoms with Crippen LogP contribution in [0.1, 0.15) is 48.6 Å². The number of phenolic OH excluding ortho intramolecular Hbond substituents is 1. The maximum absolute atomic E-state index is 11.2. The maximum atomic E-state index is 11.2. The van der Waals surface area contributed by atoms with Crippen LogP contribution in [0.3, 0.4) is 0 Å². The number of hydrogen-bond acceptors (Lipinski definition) is 2. The molecule has 3 aromatic rings. The highest BCUT2D eigenvalue weighted by molar-refractivity contribution is 5.87. The Hall–Kier alpha value is -2.87. The fourth-order valence-corrected chi connectivity index (χ4v) is 3.52. The summed E-state index contributed by atoms with van der Waals surface area (Å²) in [6, 6.07) is 25.0. The summed E-state index contributed by atoms with van der Waals surface area (Å²) in [6.07, 6.45) is 1.80. The van der Waals surface area contributed by atoms with Gasteiger partial charge in [-0.05, 0) is 44.4 Å². The van der Waals surface area contributed by atoms with E-state index in [2.05, 4.69) is 42.2 Å². The Balaban J connectivity index is 2.28. The van der Waals surface area contributed by atoms with E-state index in [9.17, 15) is 5.11 Å². The second kappa shape index (κ2) is 7.79. The van der Waals surface area contributed by atoms with Gasteiger partial charge in [0.25, 0.3) is 0 Å². The van der Waals surface area contributed by atoms with Crippen molar-refractivity contribution in [2.24, 2.45) is 4.99 Å². The van der Waals surface area contributed by atoms with Crippen LogP contribution in [-0.2, 0) is 5.41 Å². The third-order valence-corrected chi connectivity index (χ3v) is 5.18. The van der Waals surface area contributed by atoms with E-state index >= 15 is 0 Å². The van der Waals surface area contributed by atoms with Gasteiger partial charge in [-0.15, -0.1) is 0 Å². The summed E-state index contributed by atoms with van der Waals surface area (Å²) in [5.74, 6) is 0.301. The van der Waals surface area contributed by atoms with Crippen molar-refractivity contribution in [1.82, 2.24) is 0 Å². The van der Waals surface area contributed by atoms with Crippen LogP contribution in [-0.4, -0.2) is 17.4 Å². The maximum Gasteiger partial charge on any atom is 0.129 e. The lowest BCUT2D eigenvalue weighted by molar-refractivity contribution is 0.456. The minimum absolute atomic E-state index is 0.182. The summed E-state index contributed by atoms with van der Waals surface area (Å²) < 4.78 is 0. The highest BCUT2D eigenvalue weighted by Gasteiger charge is 2.34. The number of aryl methyl sites for hydroxylation is 1. The van der Waals surface area contributed by atoms with E-state index in [-0.39, 0.29) is 6.04 Å². The monoisotopic (exact) mass is 357 g/mol. The Morgan fingerprint density at radius 2 is 1.37 bits per heavy atom. The fourth-order valence-electron chi connectivity index (χ4n) is 3.52. The zero-order valence-corrected chi connectivity index (χ0v) is 16.5. The van der Waals surface area contributed by atoms with E-state index in [0.717, 1.165) is 27.8 Å². The lowest BCUT2D eigenvalue weighted by atomic mass is 9.70. The fraction of sp³-hybridized carbons (Fsp3) is 0.240. The zero-order valence-electron chi connectivity index (χ0n) is 16.5. The number of phenols is 1. The third-order valence-electron chi connectivity index (χ3n) is 5.18. The summed E-state index contributed by atoms with van der Waals surface area (Å²) in [6.45, 7) is 8.24. The molecule has 138 valence electrons. The second-order valence-electron chi connectivity index (χ2n) is 7.42. The van der Waals surface area contributed by atoms with Crippen LogP contribution in [0.15, 0.2) is 77.8 Å². The SMILES string of the molecule is Cc1ccc(C(C)(c2ccccc2)c2ccccc2)c(O)c1C=NC(C)C. The molecule has 0 aromatic heterocycles. The summed E-state index contributed by atoms with van der Waals surface area (Å²) in [7, 11) is 0. The smallest absolute Gasteiger partial charge is 0.129 e. The zero-order chi connectivity index (χ0) is 19.4. The molecule has 1 N–H and O–H groups in total. The Bertz CT molecular complexity index is 888. The van der Waals surface area contributed by atoms with E-state index < -0.39 is 5.41 Å². The minimum Gasteiger partial charge on any atom is -0.507 e. The molecule has 0 heterocycles. The van der Waals surface area contributed by atoms with E-state index in [1.165, 1.54) is 0 Å². The average molecular weight is 357 g/mol. The standard InChI is InChI=1S/C25H27NO/c1-18(2)26-17-22-19(3)15-16-23(24(22)27)25(4,20-11-7-5-8-12-20)21-13-9-6-10-14-21/h5-18,27H,1-4H3. The van der Waals surface area contributed by atoms with Crippen LogP contribution >= 0.6 is 0 Å². The van der Waals surface area contributed by atoms with Crippen molar-refractivity contribution >= 4 is 6.21 Å². The van der Waals surface area contributed by atoms with E-state index in [4.69, 9.17) is 0 Å². The molecule has 0 amide bonds. The molecule has 0 atom stereocenters. The first kappa shape index (κ1) is 18.9. The Morgan fingerprint density at radius 3 is 1.85 bits per heavy atom. The van der Waals surface area contributed by atoms with Crippen molar-refractivity contribution in [2.45, 2.75) is 39.2 Å². The number of hydrogen-bond donors (Lipinski definition) is 1. The molecule has 0 bridgehead atoms. The highest BCUT2D eigenvalue weighted by Crippen LogP contribution is 2.44. The highest BCUT2D eigenvalue weighted by atomic mass is 16.3. The third kappa shape index (κ3) is 3.66. The van der Waals surface area contributed by atoms with Crippen molar-refractivity contribution in [2.75, 3.05) is 0 Å². The topological polar surface area (TPSA) is 32.6 Å². The molecule has 0 spiro atoms. The molecular formula is C25H27NO. The minimum atomic E-state index is -0.472.